The fraction of sp³-hybridized carbons (Fsp3) is 0. The number of fused-ring (bicyclic) bond motifs is 23. The molecule has 22 aromatic carbocycles. The quantitative estimate of drug-likeness (QED) is 0.112. The molecule has 12 nitrogen and oxygen atoms in total. The van der Waals surface area contributed by atoms with Crippen molar-refractivity contribution >= 4 is 174 Å². The van der Waals surface area contributed by atoms with Gasteiger partial charge in [0.1, 0.15) is 22.3 Å². The summed E-state index contributed by atoms with van der Waals surface area (Å²) in [6.45, 7) is 0. The molecular weight excluding hydrogens is 1730 g/mol. The number of nitrogens with zero attached hydrogens (tertiary/aromatic N) is 10. The molecule has 0 aliphatic carbocycles. The first-order valence-electron chi connectivity index (χ1n) is 48.1. The van der Waals surface area contributed by atoms with E-state index in [2.05, 4.69) is 467 Å². The lowest BCUT2D eigenvalue weighted by Crippen LogP contribution is -2.04. The smallest absolute Gasteiger partial charge is 0.166 e. The third-order valence-electron chi connectivity index (χ3n) is 29.2. The monoisotopic (exact) mass is 1810 g/mol. The Kier molecular flexibility index (Phi) is 17.3. The summed E-state index contributed by atoms with van der Waals surface area (Å²) < 4.78 is 24.4. The molecule has 142 heavy (non-hydrogen) atoms. The Morgan fingerprint density at radius 3 is 1.13 bits per heavy atom. The summed E-state index contributed by atoms with van der Waals surface area (Å²) >= 11 is 0. The summed E-state index contributed by atoms with van der Waals surface area (Å²) in [5, 5.41) is 21.5. The maximum atomic E-state index is 7.82. The van der Waals surface area contributed by atoms with Crippen LogP contribution in [0.25, 0.3) is 299 Å². The second-order valence-corrected chi connectivity index (χ2v) is 37.1. The van der Waals surface area contributed by atoms with Crippen molar-refractivity contribution in [2.75, 3.05) is 0 Å². The van der Waals surface area contributed by atoms with E-state index in [1.807, 2.05) is 12.1 Å². The van der Waals surface area contributed by atoms with Gasteiger partial charge in [-0.2, -0.15) is 0 Å². The zero-order chi connectivity index (χ0) is 92.9. The number of para-hydroxylation sites is 5. The van der Waals surface area contributed by atoms with Gasteiger partial charge in [0.2, 0.25) is 0 Å². The molecule has 0 spiro atoms. The fourth-order valence-corrected chi connectivity index (χ4v) is 22.8. The first-order chi connectivity index (χ1) is 70.4. The first kappa shape index (κ1) is 79.0. The number of rotatable bonds is 13. The highest BCUT2D eigenvalue weighted by molar-refractivity contribution is 6.27. The Hall–Kier alpha value is -19.3. The summed E-state index contributed by atoms with van der Waals surface area (Å²) in [5.41, 5.74) is 26.0. The molecule has 0 atom stereocenters. The topological polar surface area (TPSA) is 123 Å². The minimum absolute atomic E-state index is 0.477. The van der Waals surface area contributed by atoms with Crippen molar-refractivity contribution < 1.29 is 8.83 Å². The average molecular weight is 1810 g/mol. The summed E-state index contributed by atoms with van der Waals surface area (Å²) in [5.74, 6) is 3.01. The molecule has 12 heteroatoms. The Bertz CT molecular complexity index is 10600. The van der Waals surface area contributed by atoms with Crippen LogP contribution in [0.1, 0.15) is 0 Å². The van der Waals surface area contributed by atoms with Gasteiger partial charge in [-0.25, -0.2) is 29.9 Å². The van der Waals surface area contributed by atoms with E-state index in [0.717, 1.165) is 236 Å². The molecule has 0 bridgehead atoms. The zero-order valence-electron chi connectivity index (χ0n) is 76.2. The number of aromatic nitrogens is 10. The van der Waals surface area contributed by atoms with Crippen LogP contribution < -0.4 is 0 Å². The van der Waals surface area contributed by atoms with Gasteiger partial charge in [0.15, 0.2) is 34.9 Å². The van der Waals surface area contributed by atoms with Crippen molar-refractivity contribution in [2.24, 2.45) is 0 Å². The van der Waals surface area contributed by atoms with E-state index in [1.54, 1.807) is 0 Å². The van der Waals surface area contributed by atoms with Gasteiger partial charge in [0, 0.05) is 104 Å². The van der Waals surface area contributed by atoms with E-state index in [1.165, 1.54) is 10.8 Å². The predicted octanol–water partition coefficient (Wildman–Crippen LogP) is 33.9. The fourth-order valence-electron chi connectivity index (χ4n) is 22.8. The van der Waals surface area contributed by atoms with Crippen LogP contribution in [0.2, 0.25) is 0 Å². The summed E-state index contributed by atoms with van der Waals surface area (Å²) in [4.78, 5) is 34.8. The highest BCUT2D eigenvalue weighted by Gasteiger charge is 2.32. The van der Waals surface area contributed by atoms with Crippen molar-refractivity contribution in [1.29, 1.82) is 0 Å². The van der Waals surface area contributed by atoms with E-state index < -0.39 is 0 Å². The van der Waals surface area contributed by atoms with Crippen molar-refractivity contribution in [1.82, 2.24) is 48.2 Å². The van der Waals surface area contributed by atoms with Gasteiger partial charge < -0.3 is 27.1 Å². The SMILES string of the molecule is c1ccc(-c2ccc(-c3nc(-c4ccc5c6ccc(-c7c8ccccc8cc8c7oc7ccc(-n9c%10ccccc%10c%10cc%11ccccc%11cc%109)c(-c9nc(-c%10cccc(-c%11ccccc%11)c%10)nc(-c%10ccc%11c%12ccccc%12n(-c%12ccccc%12)c%11c%10)n9)c78)cc6n(-c6ccccc6)c5c4)nc(-c4c(-n5c6cc7ccccc7cc6c6c7ccccc7ccc65)ccc5oc6ccccc6c45)n3)cc2)cc1. The Morgan fingerprint density at radius 2 is 0.528 bits per heavy atom. The molecule has 0 aliphatic heterocycles. The van der Waals surface area contributed by atoms with E-state index in [9.17, 15) is 0 Å². The normalized spacial score (nSPS) is 12.1. The molecule has 0 unspecified atom stereocenters. The molecule has 658 valence electrons. The van der Waals surface area contributed by atoms with Crippen LogP contribution in [-0.4, -0.2) is 48.2 Å². The minimum atomic E-state index is 0.477. The van der Waals surface area contributed by atoms with Crippen LogP contribution >= 0.6 is 0 Å². The largest absolute Gasteiger partial charge is 0.456 e. The number of benzene rings is 22. The third-order valence-corrected chi connectivity index (χ3v) is 29.2. The Morgan fingerprint density at radius 1 is 0.155 bits per heavy atom. The number of hydrogen-bond acceptors (Lipinski definition) is 8. The predicted molar refractivity (Wildman–Crippen MR) is 584 cm³/mol. The maximum Gasteiger partial charge on any atom is 0.166 e. The molecule has 0 radical (unpaired) electrons. The van der Waals surface area contributed by atoms with Crippen LogP contribution in [0.3, 0.4) is 0 Å². The van der Waals surface area contributed by atoms with Gasteiger partial charge in [-0.15, -0.1) is 0 Å². The van der Waals surface area contributed by atoms with E-state index in [0.29, 0.717) is 51.7 Å². The van der Waals surface area contributed by atoms with Crippen molar-refractivity contribution in [3.63, 3.8) is 0 Å². The van der Waals surface area contributed by atoms with Crippen molar-refractivity contribution in [2.45, 2.75) is 0 Å². The van der Waals surface area contributed by atoms with E-state index in [-0.39, 0.29) is 0 Å². The standard InChI is InChI=1S/C130H76N10O2/c1-5-28-77(29-6-1)79-52-54-81(55-53-79)125-131-127(135-129(133-125)122-109(64-66-116-120(122)101-48-23-26-51-115(101)141-116)140-107-63-59-80-32-17-19-44-94(80)119(107)103-70-84-34-14-16-36-86(84)73-114(103)140)91-58-62-100-99-60-56-88(74-110(99)138(112(100)76-91)93-42-11-4-12-43-93)118-95-45-20-18-37-87(95)71-104-121-117(142-124(104)118)67-65-108(139-106-50-25-22-47-97(106)102-69-83-33-13-15-35-85(83)72-113(102)139)123(121)130-134-126(89-39-27-38-82(68-89)78-30-7-2-8-31-78)132-128(136-130)90-57-61-98-96-46-21-24-49-105(96)137(111(98)75-90)92-40-9-3-10-41-92/h1-76H. The maximum absolute atomic E-state index is 7.82. The van der Waals surface area contributed by atoms with E-state index >= 15 is 0 Å². The highest BCUT2D eigenvalue weighted by atomic mass is 16.3. The van der Waals surface area contributed by atoms with Gasteiger partial charge >= 0.3 is 0 Å². The number of furan rings is 2. The molecule has 30 aromatic rings. The summed E-state index contributed by atoms with van der Waals surface area (Å²) in [6, 6.07) is 165. The first-order valence-corrected chi connectivity index (χ1v) is 48.1. The number of hydrogen-bond donors (Lipinski definition) is 0. The van der Waals surface area contributed by atoms with E-state index in [4.69, 9.17) is 38.7 Å². The lowest BCUT2D eigenvalue weighted by Gasteiger charge is -2.16. The highest BCUT2D eigenvalue weighted by Crippen LogP contribution is 2.52. The Balaban J connectivity index is 0.655. The molecule has 0 fully saturated rings. The molecule has 0 saturated heterocycles. The second kappa shape index (κ2) is 31.1. The molecule has 30 rings (SSSR count). The van der Waals surface area contributed by atoms with Crippen LogP contribution in [0.4, 0.5) is 0 Å². The molecular formula is C130H76N10O2. The molecule has 8 heterocycles. The van der Waals surface area contributed by atoms with Gasteiger partial charge in [-0.3, -0.25) is 0 Å². The molecule has 8 aromatic heterocycles. The van der Waals surface area contributed by atoms with Crippen LogP contribution in [0.5, 0.6) is 0 Å². The lowest BCUT2D eigenvalue weighted by atomic mass is 9.93. The molecule has 0 aliphatic rings. The third kappa shape index (κ3) is 12.3. The summed E-state index contributed by atoms with van der Waals surface area (Å²) in [6.07, 6.45) is 0. The lowest BCUT2D eigenvalue weighted by molar-refractivity contribution is 0.669. The van der Waals surface area contributed by atoms with Gasteiger partial charge in [-0.1, -0.05) is 334 Å². The van der Waals surface area contributed by atoms with Gasteiger partial charge in [-0.05, 0) is 198 Å². The van der Waals surface area contributed by atoms with Crippen molar-refractivity contribution in [3.05, 3.63) is 461 Å². The zero-order valence-corrected chi connectivity index (χ0v) is 76.2. The Labute approximate surface area is 811 Å². The second-order valence-electron chi connectivity index (χ2n) is 37.1. The summed E-state index contributed by atoms with van der Waals surface area (Å²) in [7, 11) is 0. The molecule has 0 N–H and O–H groups in total. The average Bonchev–Trinajstić information content (AvgIpc) is 1.55. The van der Waals surface area contributed by atoms with Crippen LogP contribution in [0, 0.1) is 0 Å². The van der Waals surface area contributed by atoms with Crippen LogP contribution in [0.15, 0.2) is 470 Å². The van der Waals surface area contributed by atoms with Gasteiger partial charge in [0.25, 0.3) is 0 Å². The molecule has 0 amide bonds. The van der Waals surface area contributed by atoms with Crippen LogP contribution in [-0.2, 0) is 0 Å². The van der Waals surface area contributed by atoms with Crippen molar-refractivity contribution in [3.8, 4) is 124 Å². The van der Waals surface area contributed by atoms with Gasteiger partial charge in [0.05, 0.1) is 66.6 Å². The molecule has 0 saturated carbocycles. The minimum Gasteiger partial charge on any atom is -0.456 e.